The normalized spacial score (nSPS) is 16.4. The fourth-order valence-corrected chi connectivity index (χ4v) is 3.55. The van der Waals surface area contributed by atoms with Crippen molar-refractivity contribution in [3.63, 3.8) is 0 Å². The van der Waals surface area contributed by atoms with Gasteiger partial charge in [-0.25, -0.2) is 0 Å². The fraction of sp³-hybridized carbons (Fsp3) is 0.286. The van der Waals surface area contributed by atoms with E-state index in [9.17, 15) is 4.79 Å². The average Bonchev–Trinajstić information content (AvgIpc) is 3.07. The Balaban J connectivity index is 0.00000225. The number of para-hydroxylation sites is 2. The molecule has 2 heterocycles. The number of amides is 1. The van der Waals surface area contributed by atoms with E-state index in [0.29, 0.717) is 22.1 Å². The van der Waals surface area contributed by atoms with Crippen molar-refractivity contribution in [2.75, 3.05) is 13.1 Å². The van der Waals surface area contributed by atoms with Crippen LogP contribution in [0.4, 0.5) is 0 Å². The minimum Gasteiger partial charge on any atom is -0.487 e. The lowest BCUT2D eigenvalue weighted by atomic mass is 10.1. The van der Waals surface area contributed by atoms with Crippen molar-refractivity contribution in [1.29, 1.82) is 0 Å². The number of rotatable bonds is 5. The number of piperidine rings is 1. The first-order chi connectivity index (χ1) is 13.2. The van der Waals surface area contributed by atoms with Gasteiger partial charge >= 0.3 is 0 Å². The predicted octanol–water partition coefficient (Wildman–Crippen LogP) is 4.57. The van der Waals surface area contributed by atoms with Crippen molar-refractivity contribution in [3.8, 4) is 5.75 Å². The van der Waals surface area contributed by atoms with Gasteiger partial charge in [-0.2, -0.15) is 0 Å². The summed E-state index contributed by atoms with van der Waals surface area (Å²) in [6.45, 7) is 1.97. The van der Waals surface area contributed by atoms with E-state index in [4.69, 9.17) is 20.8 Å². The summed E-state index contributed by atoms with van der Waals surface area (Å²) in [7, 11) is 0. The molecule has 1 atom stereocenters. The summed E-state index contributed by atoms with van der Waals surface area (Å²) in [6, 6.07) is 15.0. The van der Waals surface area contributed by atoms with Crippen LogP contribution in [0, 0.1) is 0 Å². The van der Waals surface area contributed by atoms with Crippen molar-refractivity contribution in [1.82, 2.24) is 10.6 Å². The Labute approximate surface area is 174 Å². The quantitative estimate of drug-likeness (QED) is 0.634. The number of hydrogen-bond donors (Lipinski definition) is 2. The zero-order chi connectivity index (χ0) is 18.6. The summed E-state index contributed by atoms with van der Waals surface area (Å²) in [6.07, 6.45) is 2.01. The van der Waals surface area contributed by atoms with Crippen LogP contribution < -0.4 is 15.4 Å². The molecule has 1 amide bonds. The number of benzene rings is 2. The van der Waals surface area contributed by atoms with E-state index < -0.39 is 0 Å². The molecule has 148 valence electrons. The molecular formula is C21H22Cl2N2O3. The van der Waals surface area contributed by atoms with E-state index in [0.717, 1.165) is 36.9 Å². The van der Waals surface area contributed by atoms with Gasteiger partial charge in [0.1, 0.15) is 17.9 Å². The molecule has 5 nitrogen and oxygen atoms in total. The second-order valence-electron chi connectivity index (χ2n) is 6.64. The van der Waals surface area contributed by atoms with Crippen LogP contribution in [-0.4, -0.2) is 25.0 Å². The number of nitrogens with one attached hydrogen (secondary N) is 2. The lowest BCUT2D eigenvalue weighted by Gasteiger charge is -2.23. The molecular weight excluding hydrogens is 399 g/mol. The molecule has 0 bridgehead atoms. The van der Waals surface area contributed by atoms with Crippen LogP contribution >= 0.6 is 24.0 Å². The predicted molar refractivity (Wildman–Crippen MR) is 113 cm³/mol. The summed E-state index contributed by atoms with van der Waals surface area (Å²) < 4.78 is 11.8. The third kappa shape index (κ3) is 4.43. The standard InChI is InChI=1S/C21H21ClN2O3.ClH/c22-17-8-2-4-10-19(17)26-13-16-15-7-1-3-9-18(15)27-20(16)21(25)24-14-6-5-11-23-12-14;/h1-4,7-10,14,23H,5-6,11-13H2,(H,24,25);1H. The molecule has 1 aromatic heterocycles. The van der Waals surface area contributed by atoms with Gasteiger partial charge in [0.15, 0.2) is 5.76 Å². The minimum atomic E-state index is -0.211. The highest BCUT2D eigenvalue weighted by Crippen LogP contribution is 2.29. The van der Waals surface area contributed by atoms with Gasteiger partial charge in [0, 0.05) is 23.5 Å². The Morgan fingerprint density at radius 3 is 2.79 bits per heavy atom. The van der Waals surface area contributed by atoms with E-state index >= 15 is 0 Å². The number of hydrogen-bond acceptors (Lipinski definition) is 4. The second kappa shape index (κ2) is 9.32. The second-order valence-corrected chi connectivity index (χ2v) is 7.05. The third-order valence-corrected chi connectivity index (χ3v) is 5.06. The van der Waals surface area contributed by atoms with Gasteiger partial charge in [0.05, 0.1) is 5.02 Å². The summed E-state index contributed by atoms with van der Waals surface area (Å²) in [5.74, 6) is 0.666. The van der Waals surface area contributed by atoms with Gasteiger partial charge < -0.3 is 19.8 Å². The van der Waals surface area contributed by atoms with Crippen LogP contribution in [0.1, 0.15) is 29.0 Å². The number of halogens is 2. The molecule has 0 radical (unpaired) electrons. The van der Waals surface area contributed by atoms with Gasteiger partial charge in [-0.3, -0.25) is 4.79 Å². The molecule has 1 saturated heterocycles. The molecule has 0 saturated carbocycles. The van der Waals surface area contributed by atoms with Crippen LogP contribution in [0.25, 0.3) is 11.0 Å². The number of furan rings is 1. The van der Waals surface area contributed by atoms with Gasteiger partial charge in [-0.05, 0) is 37.6 Å². The Bertz CT molecular complexity index is 952. The van der Waals surface area contributed by atoms with Crippen molar-refractivity contribution in [2.24, 2.45) is 0 Å². The molecule has 3 aromatic rings. The highest BCUT2D eigenvalue weighted by molar-refractivity contribution is 6.32. The number of carbonyl (C=O) groups excluding carboxylic acids is 1. The Morgan fingerprint density at radius 1 is 1.21 bits per heavy atom. The Morgan fingerprint density at radius 2 is 2.00 bits per heavy atom. The number of ether oxygens (including phenoxy) is 1. The molecule has 4 rings (SSSR count). The maximum absolute atomic E-state index is 12.9. The van der Waals surface area contributed by atoms with Crippen molar-refractivity contribution < 1.29 is 13.9 Å². The summed E-state index contributed by atoms with van der Waals surface area (Å²) in [5, 5.41) is 7.77. The largest absolute Gasteiger partial charge is 0.487 e. The number of carbonyl (C=O) groups is 1. The smallest absolute Gasteiger partial charge is 0.287 e. The summed E-state index contributed by atoms with van der Waals surface area (Å²) in [4.78, 5) is 12.9. The molecule has 0 spiro atoms. The molecule has 0 aliphatic carbocycles. The first kappa shape index (κ1) is 20.5. The van der Waals surface area contributed by atoms with Gasteiger partial charge in [0.25, 0.3) is 5.91 Å². The SMILES string of the molecule is Cl.O=C(NC1CCCNC1)c1oc2ccccc2c1COc1ccccc1Cl. The zero-order valence-corrected chi connectivity index (χ0v) is 16.8. The van der Waals surface area contributed by atoms with Crippen molar-refractivity contribution in [2.45, 2.75) is 25.5 Å². The van der Waals surface area contributed by atoms with E-state index in [2.05, 4.69) is 10.6 Å². The van der Waals surface area contributed by atoms with Crippen LogP contribution in [0.3, 0.4) is 0 Å². The van der Waals surface area contributed by atoms with Crippen LogP contribution in [-0.2, 0) is 6.61 Å². The van der Waals surface area contributed by atoms with Crippen LogP contribution in [0.2, 0.25) is 5.02 Å². The monoisotopic (exact) mass is 420 g/mol. The first-order valence-electron chi connectivity index (χ1n) is 9.11. The first-order valence-corrected chi connectivity index (χ1v) is 9.49. The van der Waals surface area contributed by atoms with Crippen LogP contribution in [0.15, 0.2) is 52.9 Å². The molecule has 1 aliphatic heterocycles. The lowest BCUT2D eigenvalue weighted by Crippen LogP contribution is -2.45. The molecule has 28 heavy (non-hydrogen) atoms. The highest BCUT2D eigenvalue weighted by atomic mass is 35.5. The fourth-order valence-electron chi connectivity index (χ4n) is 3.36. The molecule has 1 fully saturated rings. The van der Waals surface area contributed by atoms with Gasteiger partial charge in [-0.15, -0.1) is 12.4 Å². The minimum absolute atomic E-state index is 0. The van der Waals surface area contributed by atoms with E-state index in [1.807, 2.05) is 36.4 Å². The topological polar surface area (TPSA) is 63.5 Å². The van der Waals surface area contributed by atoms with Crippen molar-refractivity contribution in [3.05, 3.63) is 64.9 Å². The molecule has 1 aliphatic rings. The maximum atomic E-state index is 12.9. The molecule has 2 aromatic carbocycles. The molecule has 2 N–H and O–H groups in total. The van der Waals surface area contributed by atoms with Gasteiger partial charge in [0.2, 0.25) is 0 Å². The summed E-state index contributed by atoms with van der Waals surface area (Å²) >= 11 is 6.18. The van der Waals surface area contributed by atoms with E-state index in [-0.39, 0.29) is 31.0 Å². The van der Waals surface area contributed by atoms with Crippen LogP contribution in [0.5, 0.6) is 5.75 Å². The van der Waals surface area contributed by atoms with E-state index in [1.165, 1.54) is 0 Å². The van der Waals surface area contributed by atoms with Gasteiger partial charge in [-0.1, -0.05) is 41.9 Å². The molecule has 1 unspecified atom stereocenters. The molecule has 7 heteroatoms. The highest BCUT2D eigenvalue weighted by Gasteiger charge is 2.24. The van der Waals surface area contributed by atoms with E-state index in [1.54, 1.807) is 12.1 Å². The zero-order valence-electron chi connectivity index (χ0n) is 15.2. The summed E-state index contributed by atoms with van der Waals surface area (Å²) in [5.41, 5.74) is 1.40. The number of fused-ring (bicyclic) bond motifs is 1. The Kier molecular flexibility index (Phi) is 6.83. The van der Waals surface area contributed by atoms with Crippen molar-refractivity contribution >= 4 is 40.9 Å². The average molecular weight is 421 g/mol. The maximum Gasteiger partial charge on any atom is 0.287 e. The lowest BCUT2D eigenvalue weighted by molar-refractivity contribution is 0.0901. The Hall–Kier alpha value is -2.21. The third-order valence-electron chi connectivity index (χ3n) is 4.75.